The van der Waals surface area contributed by atoms with Crippen molar-refractivity contribution in [2.24, 2.45) is 5.92 Å². The molecule has 0 atom stereocenters. The normalized spacial score (nSPS) is 20.0. The molecule has 6 heteroatoms. The molecule has 1 aromatic heterocycles. The fourth-order valence-corrected chi connectivity index (χ4v) is 3.11. The minimum absolute atomic E-state index is 0.206. The van der Waals surface area contributed by atoms with Gasteiger partial charge in [-0.05, 0) is 32.6 Å². The molecule has 1 N–H and O–H groups in total. The molecule has 0 amide bonds. The first kappa shape index (κ1) is 14.1. The van der Waals surface area contributed by atoms with Gasteiger partial charge in [0.15, 0.2) is 0 Å². The number of aliphatic carboxylic acids is 1. The van der Waals surface area contributed by atoms with Crippen LogP contribution in [0, 0.1) is 12.8 Å². The number of anilines is 2. The van der Waals surface area contributed by atoms with E-state index >= 15 is 0 Å². The Hall–Kier alpha value is -1.85. The average molecular weight is 290 g/mol. The van der Waals surface area contributed by atoms with Crippen molar-refractivity contribution in [1.82, 2.24) is 9.97 Å². The van der Waals surface area contributed by atoms with Gasteiger partial charge in [-0.3, -0.25) is 4.79 Å². The summed E-state index contributed by atoms with van der Waals surface area (Å²) in [7, 11) is 0. The molecule has 1 aromatic rings. The number of aryl methyl sites for hydroxylation is 1. The molecule has 21 heavy (non-hydrogen) atoms. The maximum absolute atomic E-state index is 11.0. The van der Waals surface area contributed by atoms with E-state index in [1.54, 1.807) is 0 Å². The number of carboxylic acids is 1. The van der Waals surface area contributed by atoms with Crippen molar-refractivity contribution >= 4 is 17.7 Å². The Morgan fingerprint density at radius 3 is 2.43 bits per heavy atom. The summed E-state index contributed by atoms with van der Waals surface area (Å²) in [6.45, 7) is 5.57. The van der Waals surface area contributed by atoms with E-state index in [1.165, 1.54) is 12.8 Å². The SMILES string of the molecule is Cc1cc(N2CCC(C(=O)O)CC2)nc(N2CCCC2)n1. The summed E-state index contributed by atoms with van der Waals surface area (Å²) in [5.74, 6) is 0.879. The van der Waals surface area contributed by atoms with Crippen LogP contribution in [0.15, 0.2) is 6.07 Å². The predicted octanol–water partition coefficient (Wildman–Crippen LogP) is 1.69. The molecule has 0 radical (unpaired) electrons. The molecule has 0 aliphatic carbocycles. The molecule has 6 nitrogen and oxygen atoms in total. The van der Waals surface area contributed by atoms with Crippen LogP contribution < -0.4 is 9.80 Å². The molecule has 0 spiro atoms. The lowest BCUT2D eigenvalue weighted by Crippen LogP contribution is -2.37. The summed E-state index contributed by atoms with van der Waals surface area (Å²) < 4.78 is 0. The molecular weight excluding hydrogens is 268 g/mol. The van der Waals surface area contributed by atoms with E-state index in [1.807, 2.05) is 13.0 Å². The minimum Gasteiger partial charge on any atom is -0.481 e. The molecule has 2 aliphatic rings. The molecule has 3 heterocycles. The van der Waals surface area contributed by atoms with E-state index in [0.717, 1.165) is 43.6 Å². The lowest BCUT2D eigenvalue weighted by atomic mass is 9.97. The van der Waals surface area contributed by atoms with Crippen LogP contribution in [0.25, 0.3) is 0 Å². The van der Waals surface area contributed by atoms with Crippen LogP contribution in [-0.2, 0) is 4.79 Å². The zero-order chi connectivity index (χ0) is 14.8. The number of rotatable bonds is 3. The first-order valence-electron chi connectivity index (χ1n) is 7.72. The van der Waals surface area contributed by atoms with Gasteiger partial charge < -0.3 is 14.9 Å². The number of piperidine rings is 1. The topological polar surface area (TPSA) is 69.6 Å². The fraction of sp³-hybridized carbons (Fsp3) is 0.667. The Balaban J connectivity index is 1.74. The average Bonchev–Trinajstić information content (AvgIpc) is 3.01. The maximum Gasteiger partial charge on any atom is 0.306 e. The van der Waals surface area contributed by atoms with Crippen LogP contribution in [0.5, 0.6) is 0 Å². The van der Waals surface area contributed by atoms with Gasteiger partial charge in [0.1, 0.15) is 5.82 Å². The number of nitrogens with zero attached hydrogens (tertiary/aromatic N) is 4. The lowest BCUT2D eigenvalue weighted by molar-refractivity contribution is -0.142. The van der Waals surface area contributed by atoms with Gasteiger partial charge in [-0.2, -0.15) is 4.98 Å². The zero-order valence-electron chi connectivity index (χ0n) is 12.5. The van der Waals surface area contributed by atoms with Crippen molar-refractivity contribution in [2.45, 2.75) is 32.6 Å². The van der Waals surface area contributed by atoms with Gasteiger partial charge in [-0.15, -0.1) is 0 Å². The van der Waals surface area contributed by atoms with Crippen molar-refractivity contribution in [3.05, 3.63) is 11.8 Å². The highest BCUT2D eigenvalue weighted by molar-refractivity contribution is 5.70. The van der Waals surface area contributed by atoms with Gasteiger partial charge in [0, 0.05) is 37.9 Å². The Morgan fingerprint density at radius 2 is 1.81 bits per heavy atom. The van der Waals surface area contributed by atoms with E-state index in [-0.39, 0.29) is 5.92 Å². The summed E-state index contributed by atoms with van der Waals surface area (Å²) in [5.41, 5.74) is 0.974. The second-order valence-corrected chi connectivity index (χ2v) is 5.96. The van der Waals surface area contributed by atoms with Crippen LogP contribution in [0.3, 0.4) is 0 Å². The first-order chi connectivity index (χ1) is 10.1. The van der Waals surface area contributed by atoms with Crippen molar-refractivity contribution in [1.29, 1.82) is 0 Å². The van der Waals surface area contributed by atoms with Crippen LogP contribution in [-0.4, -0.2) is 47.2 Å². The van der Waals surface area contributed by atoms with Crippen molar-refractivity contribution in [2.75, 3.05) is 36.0 Å². The van der Waals surface area contributed by atoms with Crippen LogP contribution >= 0.6 is 0 Å². The Labute approximate surface area is 124 Å². The molecule has 2 aliphatic heterocycles. The Kier molecular flexibility index (Phi) is 3.94. The second-order valence-electron chi connectivity index (χ2n) is 5.96. The third-order valence-corrected chi connectivity index (χ3v) is 4.39. The number of hydrogen-bond donors (Lipinski definition) is 1. The molecule has 3 rings (SSSR count). The summed E-state index contributed by atoms with van der Waals surface area (Å²) in [6.07, 6.45) is 3.79. The highest BCUT2D eigenvalue weighted by Crippen LogP contribution is 2.25. The molecular formula is C15H22N4O2. The Morgan fingerprint density at radius 1 is 1.14 bits per heavy atom. The van der Waals surface area contributed by atoms with E-state index in [0.29, 0.717) is 12.8 Å². The summed E-state index contributed by atoms with van der Waals surface area (Å²) in [4.78, 5) is 24.7. The Bertz CT molecular complexity index is 520. The number of carbonyl (C=O) groups is 1. The van der Waals surface area contributed by atoms with Gasteiger partial charge in [-0.25, -0.2) is 4.98 Å². The molecule has 114 valence electrons. The van der Waals surface area contributed by atoms with Crippen molar-refractivity contribution < 1.29 is 9.90 Å². The molecule has 2 fully saturated rings. The summed E-state index contributed by atoms with van der Waals surface area (Å²) in [5, 5.41) is 9.08. The van der Waals surface area contributed by atoms with Crippen molar-refractivity contribution in [3.8, 4) is 0 Å². The third-order valence-electron chi connectivity index (χ3n) is 4.39. The van der Waals surface area contributed by atoms with Gasteiger partial charge in [0.2, 0.25) is 5.95 Å². The standard InChI is InChI=1S/C15H22N4O2/c1-11-10-13(17-15(16-11)19-6-2-3-7-19)18-8-4-12(5-9-18)14(20)21/h10,12H,2-9H2,1H3,(H,20,21). The van der Waals surface area contributed by atoms with Crippen molar-refractivity contribution in [3.63, 3.8) is 0 Å². The monoisotopic (exact) mass is 290 g/mol. The molecule has 0 aromatic carbocycles. The van der Waals surface area contributed by atoms with E-state index in [9.17, 15) is 4.79 Å². The van der Waals surface area contributed by atoms with E-state index in [4.69, 9.17) is 10.1 Å². The highest BCUT2D eigenvalue weighted by Gasteiger charge is 2.26. The predicted molar refractivity (Wildman–Crippen MR) is 80.8 cm³/mol. The van der Waals surface area contributed by atoms with Gasteiger partial charge in [0.25, 0.3) is 0 Å². The number of aromatic nitrogens is 2. The van der Waals surface area contributed by atoms with Crippen LogP contribution in [0.2, 0.25) is 0 Å². The van der Waals surface area contributed by atoms with Gasteiger partial charge in [-0.1, -0.05) is 0 Å². The van der Waals surface area contributed by atoms with Gasteiger partial charge >= 0.3 is 5.97 Å². The minimum atomic E-state index is -0.675. The van der Waals surface area contributed by atoms with Crippen LogP contribution in [0.4, 0.5) is 11.8 Å². The number of carboxylic acid groups (broad SMARTS) is 1. The lowest BCUT2D eigenvalue weighted by Gasteiger charge is -2.31. The third kappa shape index (κ3) is 3.09. The smallest absolute Gasteiger partial charge is 0.306 e. The fourth-order valence-electron chi connectivity index (χ4n) is 3.11. The molecule has 2 saturated heterocycles. The van der Waals surface area contributed by atoms with E-state index in [2.05, 4.69) is 14.8 Å². The van der Waals surface area contributed by atoms with E-state index < -0.39 is 5.97 Å². The second kappa shape index (κ2) is 5.87. The first-order valence-corrected chi connectivity index (χ1v) is 7.72. The van der Waals surface area contributed by atoms with Crippen LogP contribution in [0.1, 0.15) is 31.4 Å². The zero-order valence-corrected chi connectivity index (χ0v) is 12.5. The highest BCUT2D eigenvalue weighted by atomic mass is 16.4. The molecule has 0 unspecified atom stereocenters. The maximum atomic E-state index is 11.0. The summed E-state index contributed by atoms with van der Waals surface area (Å²) >= 11 is 0. The molecule has 0 bridgehead atoms. The molecule has 0 saturated carbocycles. The quantitative estimate of drug-likeness (QED) is 0.913. The summed E-state index contributed by atoms with van der Waals surface area (Å²) in [6, 6.07) is 2.00. The van der Waals surface area contributed by atoms with Gasteiger partial charge in [0.05, 0.1) is 5.92 Å². The number of hydrogen-bond acceptors (Lipinski definition) is 5. The largest absolute Gasteiger partial charge is 0.481 e.